The van der Waals surface area contributed by atoms with Gasteiger partial charge < -0.3 is 65.1 Å². The first-order valence-corrected chi connectivity index (χ1v) is 22.7. The predicted octanol–water partition coefficient (Wildman–Crippen LogP) is 4.37. The van der Waals surface area contributed by atoms with Gasteiger partial charge in [-0.2, -0.15) is 0 Å². The molecule has 9 N–H and O–H groups in total. The fraction of sp³-hybridized carbons (Fsp3) is 0.844. The van der Waals surface area contributed by atoms with Crippen LogP contribution in [-0.2, 0) is 23.7 Å². The number of rotatable bonds is 33. The Morgan fingerprint density at radius 2 is 1.08 bits per heavy atom. The van der Waals surface area contributed by atoms with Crippen molar-refractivity contribution in [3.05, 3.63) is 36.5 Å². The summed E-state index contributed by atoms with van der Waals surface area (Å²) in [6, 6.07) is -0.931. The number of aliphatic hydroxyl groups excluding tert-OH is 8. The molecule has 2 aliphatic rings. The van der Waals surface area contributed by atoms with Crippen LogP contribution in [0.15, 0.2) is 36.5 Å². The molecule has 1 amide bonds. The topological polar surface area (TPSA) is 228 Å². The van der Waals surface area contributed by atoms with Gasteiger partial charge in [0.05, 0.1) is 32.0 Å². The van der Waals surface area contributed by atoms with Crippen LogP contribution in [0, 0.1) is 0 Å². The second-order valence-electron chi connectivity index (χ2n) is 16.2. The normalized spacial score (nSPS) is 28.8. The van der Waals surface area contributed by atoms with Crippen LogP contribution in [-0.4, -0.2) is 140 Å². The van der Waals surface area contributed by atoms with E-state index >= 15 is 0 Å². The number of hydrogen-bond acceptors (Lipinski definition) is 13. The number of hydrogen-bond donors (Lipinski definition) is 9. The molecular weight excluding hydrogens is 762 g/mol. The minimum absolute atomic E-state index is 0.258. The zero-order valence-corrected chi connectivity index (χ0v) is 36.0. The van der Waals surface area contributed by atoms with Gasteiger partial charge in [0, 0.05) is 6.42 Å². The van der Waals surface area contributed by atoms with E-state index in [4.69, 9.17) is 18.9 Å². The molecule has 0 spiro atoms. The van der Waals surface area contributed by atoms with Crippen LogP contribution in [0.25, 0.3) is 0 Å². The van der Waals surface area contributed by atoms with Crippen LogP contribution >= 0.6 is 0 Å². The molecule has 14 nitrogen and oxygen atoms in total. The fourth-order valence-corrected chi connectivity index (χ4v) is 7.26. The molecule has 0 saturated carbocycles. The van der Waals surface area contributed by atoms with Crippen LogP contribution < -0.4 is 5.32 Å². The van der Waals surface area contributed by atoms with Crippen LogP contribution in [0.4, 0.5) is 0 Å². The van der Waals surface area contributed by atoms with Crippen LogP contribution in [0.5, 0.6) is 0 Å². The molecule has 59 heavy (non-hydrogen) atoms. The molecule has 12 atom stereocenters. The zero-order chi connectivity index (χ0) is 43.3. The minimum Gasteiger partial charge on any atom is -0.394 e. The first-order valence-electron chi connectivity index (χ1n) is 22.7. The van der Waals surface area contributed by atoms with Gasteiger partial charge in [-0.25, -0.2) is 0 Å². The number of nitrogens with one attached hydrogen (secondary N) is 1. The Labute approximate surface area is 353 Å². The maximum absolute atomic E-state index is 13.1. The molecule has 0 aromatic carbocycles. The number of ether oxygens (including phenoxy) is 4. The second kappa shape index (κ2) is 32.9. The van der Waals surface area contributed by atoms with Crippen molar-refractivity contribution >= 4 is 5.91 Å². The number of carbonyl (C=O) groups is 1. The average molecular weight is 844 g/mol. The van der Waals surface area contributed by atoms with Gasteiger partial charge in [0.15, 0.2) is 12.6 Å². The van der Waals surface area contributed by atoms with Crippen LogP contribution in [0.1, 0.15) is 149 Å². The van der Waals surface area contributed by atoms with Crippen molar-refractivity contribution in [1.29, 1.82) is 0 Å². The summed E-state index contributed by atoms with van der Waals surface area (Å²) in [5.41, 5.74) is 0. The van der Waals surface area contributed by atoms with E-state index in [0.717, 1.165) is 44.9 Å². The van der Waals surface area contributed by atoms with E-state index < -0.39 is 86.8 Å². The fourth-order valence-electron chi connectivity index (χ4n) is 7.26. The first-order chi connectivity index (χ1) is 28.6. The number of amides is 1. The molecule has 2 fully saturated rings. The monoisotopic (exact) mass is 844 g/mol. The van der Waals surface area contributed by atoms with Crippen molar-refractivity contribution in [2.24, 2.45) is 0 Å². The molecular formula is C45H81NO13. The Kier molecular flexibility index (Phi) is 29.7. The maximum atomic E-state index is 13.1. The third-order valence-electron chi connectivity index (χ3n) is 11.1. The van der Waals surface area contributed by atoms with E-state index in [1.807, 2.05) is 6.08 Å². The molecule has 0 aromatic rings. The lowest BCUT2D eigenvalue weighted by Gasteiger charge is -2.46. The number of allylic oxidation sites excluding steroid dienone is 5. The average Bonchev–Trinajstić information content (AvgIpc) is 3.23. The lowest BCUT2D eigenvalue weighted by atomic mass is 9.97. The van der Waals surface area contributed by atoms with Crippen LogP contribution in [0.2, 0.25) is 0 Å². The molecule has 0 bridgehead atoms. The molecule has 2 heterocycles. The summed E-state index contributed by atoms with van der Waals surface area (Å²) in [4.78, 5) is 13.1. The molecule has 2 aliphatic heterocycles. The summed E-state index contributed by atoms with van der Waals surface area (Å²) < 4.78 is 22.6. The minimum atomic E-state index is -1.79. The van der Waals surface area contributed by atoms with E-state index in [-0.39, 0.29) is 18.9 Å². The van der Waals surface area contributed by atoms with E-state index in [0.29, 0.717) is 12.8 Å². The van der Waals surface area contributed by atoms with Crippen molar-refractivity contribution in [1.82, 2.24) is 5.32 Å². The Bertz CT molecular complexity index is 1140. The van der Waals surface area contributed by atoms with E-state index in [2.05, 4.69) is 43.5 Å². The van der Waals surface area contributed by atoms with Crippen molar-refractivity contribution in [2.75, 3.05) is 19.8 Å². The SMILES string of the molecule is CCCCC/C=C/CC/C=C/CC/C=C/C(O)C(COC1OC(CO)C(OC2OC(CO)C(O)C(O)C2O)C(O)C1O)NC(=O)CCCCCCCCCCCCCC. The zero-order valence-electron chi connectivity index (χ0n) is 36.0. The largest absolute Gasteiger partial charge is 0.394 e. The van der Waals surface area contributed by atoms with Gasteiger partial charge in [-0.1, -0.05) is 134 Å². The molecule has 0 aliphatic carbocycles. The lowest BCUT2D eigenvalue weighted by molar-refractivity contribution is -0.359. The Morgan fingerprint density at radius 3 is 1.66 bits per heavy atom. The molecule has 14 heteroatoms. The number of unbranched alkanes of at least 4 members (excludes halogenated alkanes) is 16. The van der Waals surface area contributed by atoms with E-state index in [1.54, 1.807) is 6.08 Å². The highest BCUT2D eigenvalue weighted by atomic mass is 16.7. The highest BCUT2D eigenvalue weighted by molar-refractivity contribution is 5.76. The van der Waals surface area contributed by atoms with Crippen LogP contribution in [0.3, 0.4) is 0 Å². The van der Waals surface area contributed by atoms with Gasteiger partial charge in [0.25, 0.3) is 0 Å². The third-order valence-corrected chi connectivity index (χ3v) is 11.1. The Hall–Kier alpha value is -1.79. The van der Waals surface area contributed by atoms with Gasteiger partial charge in [0.2, 0.25) is 5.91 Å². The van der Waals surface area contributed by atoms with Gasteiger partial charge in [-0.3, -0.25) is 4.79 Å². The first kappa shape index (κ1) is 53.3. The van der Waals surface area contributed by atoms with Crippen molar-refractivity contribution in [3.63, 3.8) is 0 Å². The van der Waals surface area contributed by atoms with E-state index in [1.165, 1.54) is 70.6 Å². The predicted molar refractivity (Wildman–Crippen MR) is 226 cm³/mol. The molecule has 2 saturated heterocycles. The number of carbonyl (C=O) groups excluding carboxylic acids is 1. The third kappa shape index (κ3) is 21.2. The Morgan fingerprint density at radius 1 is 0.593 bits per heavy atom. The maximum Gasteiger partial charge on any atom is 0.220 e. The molecule has 2 rings (SSSR count). The summed E-state index contributed by atoms with van der Waals surface area (Å²) >= 11 is 0. The standard InChI is InChI=1S/C45H81NO13/c1-3-5-7-9-11-13-15-17-18-20-22-24-26-28-34(49)33(46-37(50)29-27-25-23-21-19-16-14-12-10-8-6-4-2)32-56-44-42(55)40(53)43(36(31-48)58-44)59-45-41(54)39(52)38(51)35(30-47)57-45/h11,13,18,20,26,28,33-36,38-45,47-49,51-55H,3-10,12,14-17,19,21-25,27,29-32H2,1-2H3,(H,46,50)/b13-11+,20-18+,28-26+. The molecule has 0 aromatic heterocycles. The quantitative estimate of drug-likeness (QED) is 0.0331. The van der Waals surface area contributed by atoms with Crippen molar-refractivity contribution in [2.45, 2.75) is 222 Å². The summed E-state index contributed by atoms with van der Waals surface area (Å²) in [7, 11) is 0. The summed E-state index contributed by atoms with van der Waals surface area (Å²) in [6.07, 6.45) is 17.7. The smallest absolute Gasteiger partial charge is 0.220 e. The highest BCUT2D eigenvalue weighted by Gasteiger charge is 2.50. The highest BCUT2D eigenvalue weighted by Crippen LogP contribution is 2.30. The molecule has 344 valence electrons. The van der Waals surface area contributed by atoms with Crippen molar-refractivity contribution < 1.29 is 64.6 Å². The van der Waals surface area contributed by atoms with Gasteiger partial charge in [-0.15, -0.1) is 0 Å². The van der Waals surface area contributed by atoms with Gasteiger partial charge in [0.1, 0.15) is 48.8 Å². The Balaban J connectivity index is 1.94. The summed E-state index contributed by atoms with van der Waals surface area (Å²) in [6.45, 7) is 2.69. The van der Waals surface area contributed by atoms with E-state index in [9.17, 15) is 45.6 Å². The van der Waals surface area contributed by atoms with Gasteiger partial charge >= 0.3 is 0 Å². The lowest BCUT2D eigenvalue weighted by Crippen LogP contribution is -2.65. The molecule has 12 unspecified atom stereocenters. The van der Waals surface area contributed by atoms with Gasteiger partial charge in [-0.05, 0) is 44.9 Å². The summed E-state index contributed by atoms with van der Waals surface area (Å²) in [5.74, 6) is -0.258. The number of aliphatic hydroxyl groups is 8. The molecule has 0 radical (unpaired) electrons. The summed E-state index contributed by atoms with van der Waals surface area (Å²) in [5, 5.41) is 86.4. The second-order valence-corrected chi connectivity index (χ2v) is 16.2. The van der Waals surface area contributed by atoms with Crippen molar-refractivity contribution in [3.8, 4) is 0 Å².